The summed E-state index contributed by atoms with van der Waals surface area (Å²) in [7, 11) is 0. The Bertz CT molecular complexity index is 486. The van der Waals surface area contributed by atoms with E-state index in [1.165, 1.54) is 31.2 Å². The van der Waals surface area contributed by atoms with Crippen molar-refractivity contribution in [2.75, 3.05) is 0 Å². The molecule has 0 N–H and O–H groups in total. The van der Waals surface area contributed by atoms with Crippen LogP contribution in [0.25, 0.3) is 0 Å². The normalized spacial score (nSPS) is 13.5. The summed E-state index contributed by atoms with van der Waals surface area (Å²) in [6.07, 6.45) is 7.73. The van der Waals surface area contributed by atoms with Crippen molar-refractivity contribution in [3.05, 3.63) is 29.8 Å². The lowest BCUT2D eigenvalue weighted by atomic mass is 10.0. The Kier molecular flexibility index (Phi) is 11.5. The van der Waals surface area contributed by atoms with E-state index >= 15 is 0 Å². The van der Waals surface area contributed by atoms with Crippen molar-refractivity contribution in [3.63, 3.8) is 0 Å². The molecule has 2 unspecified atom stereocenters. The monoisotopic (exact) mass is 476 g/mol. The summed E-state index contributed by atoms with van der Waals surface area (Å²) in [5.41, 5.74) is 1.18. The van der Waals surface area contributed by atoms with Crippen molar-refractivity contribution in [3.8, 4) is 5.75 Å². The highest BCUT2D eigenvalue weighted by atomic mass is 79.9. The number of halogens is 2. The van der Waals surface area contributed by atoms with E-state index in [-0.39, 0.29) is 16.7 Å². The highest BCUT2D eigenvalue weighted by Gasteiger charge is 2.19. The number of unbranched alkanes of at least 4 members (excludes halogenated alkanes) is 3. The SMILES string of the molecule is CCCCCCC(Br)C(Br)c1ccc(OOC(=O)C(CC)CC)cc1. The standard InChI is InChI=1S/C20H30Br2O3/c1-4-7-8-9-10-18(21)19(22)16-11-13-17(14-12-16)24-25-20(23)15(5-2)6-3/h11-15,18-19H,4-10H2,1-3H3. The Morgan fingerprint density at radius 1 is 1.00 bits per heavy atom. The fourth-order valence-corrected chi connectivity index (χ4v) is 3.81. The zero-order chi connectivity index (χ0) is 18.7. The van der Waals surface area contributed by atoms with Crippen molar-refractivity contribution in [1.82, 2.24) is 0 Å². The summed E-state index contributed by atoms with van der Waals surface area (Å²) < 4.78 is 0. The van der Waals surface area contributed by atoms with Gasteiger partial charge in [-0.2, -0.15) is 0 Å². The molecular weight excluding hydrogens is 448 g/mol. The average Bonchev–Trinajstić information content (AvgIpc) is 2.64. The summed E-state index contributed by atoms with van der Waals surface area (Å²) in [5, 5.41) is 0. The first-order valence-corrected chi connectivity index (χ1v) is 11.1. The Morgan fingerprint density at radius 3 is 2.20 bits per heavy atom. The van der Waals surface area contributed by atoms with Crippen LogP contribution >= 0.6 is 31.9 Å². The molecule has 0 radical (unpaired) electrons. The first kappa shape index (κ1) is 22.5. The summed E-state index contributed by atoms with van der Waals surface area (Å²) >= 11 is 7.56. The smallest absolute Gasteiger partial charge is 0.287 e. The van der Waals surface area contributed by atoms with Gasteiger partial charge in [0, 0.05) is 4.83 Å². The molecule has 0 fully saturated rings. The maximum absolute atomic E-state index is 11.8. The first-order valence-electron chi connectivity index (χ1n) is 9.29. The van der Waals surface area contributed by atoms with Gasteiger partial charge in [-0.1, -0.05) is 90.4 Å². The average molecular weight is 478 g/mol. The van der Waals surface area contributed by atoms with Crippen LogP contribution in [-0.2, 0) is 9.68 Å². The first-order chi connectivity index (χ1) is 12.0. The lowest BCUT2D eigenvalue weighted by Crippen LogP contribution is -2.18. The van der Waals surface area contributed by atoms with Gasteiger partial charge in [0.25, 0.3) is 0 Å². The molecule has 0 amide bonds. The molecule has 0 aromatic heterocycles. The lowest BCUT2D eigenvalue weighted by Gasteiger charge is -2.17. The largest absolute Gasteiger partial charge is 0.358 e. The molecule has 0 aliphatic heterocycles. The minimum Gasteiger partial charge on any atom is -0.287 e. The molecular formula is C20H30Br2O3. The molecule has 0 heterocycles. The minimum absolute atomic E-state index is 0.104. The van der Waals surface area contributed by atoms with Crippen LogP contribution in [0.1, 0.15) is 76.1 Å². The molecule has 3 nitrogen and oxygen atoms in total. The topological polar surface area (TPSA) is 35.5 Å². The van der Waals surface area contributed by atoms with Crippen molar-refractivity contribution < 1.29 is 14.6 Å². The summed E-state index contributed by atoms with van der Waals surface area (Å²) in [5.74, 6) is 0.130. The van der Waals surface area contributed by atoms with Gasteiger partial charge in [-0.25, -0.2) is 4.79 Å². The number of hydrogen-bond acceptors (Lipinski definition) is 3. The third-order valence-corrected chi connectivity index (χ3v) is 7.25. The zero-order valence-corrected chi connectivity index (χ0v) is 18.6. The van der Waals surface area contributed by atoms with E-state index in [9.17, 15) is 4.79 Å². The van der Waals surface area contributed by atoms with E-state index in [2.05, 4.69) is 38.8 Å². The Labute approximate surface area is 169 Å². The number of carbonyl (C=O) groups is 1. The summed E-state index contributed by atoms with van der Waals surface area (Å²) in [6.45, 7) is 6.17. The third kappa shape index (κ3) is 8.12. The van der Waals surface area contributed by atoms with Gasteiger partial charge >= 0.3 is 5.97 Å². The molecule has 1 aromatic rings. The van der Waals surface area contributed by atoms with Crippen LogP contribution in [-0.4, -0.2) is 10.8 Å². The van der Waals surface area contributed by atoms with Crippen LogP contribution in [0.2, 0.25) is 0 Å². The fraction of sp³-hybridized carbons (Fsp3) is 0.650. The highest BCUT2D eigenvalue weighted by molar-refractivity contribution is 9.12. The molecule has 2 atom stereocenters. The van der Waals surface area contributed by atoms with Crippen LogP contribution in [0.3, 0.4) is 0 Å². The van der Waals surface area contributed by atoms with E-state index in [0.29, 0.717) is 10.6 Å². The Morgan fingerprint density at radius 2 is 1.64 bits per heavy atom. The molecule has 0 aliphatic rings. The third-order valence-electron chi connectivity index (χ3n) is 4.39. The van der Waals surface area contributed by atoms with Crippen molar-refractivity contribution >= 4 is 37.8 Å². The van der Waals surface area contributed by atoms with Crippen LogP contribution < -0.4 is 4.89 Å². The van der Waals surface area contributed by atoms with Gasteiger partial charge in [0.1, 0.15) is 0 Å². The second kappa shape index (κ2) is 12.7. The van der Waals surface area contributed by atoms with Gasteiger partial charge in [0.2, 0.25) is 0 Å². The fourth-order valence-electron chi connectivity index (χ4n) is 2.61. The van der Waals surface area contributed by atoms with E-state index in [1.54, 1.807) is 0 Å². The van der Waals surface area contributed by atoms with Crippen LogP contribution in [0, 0.1) is 5.92 Å². The number of rotatable bonds is 12. The second-order valence-corrected chi connectivity index (χ2v) is 8.50. The molecule has 142 valence electrons. The maximum Gasteiger partial charge on any atom is 0.358 e. The van der Waals surface area contributed by atoms with Crippen molar-refractivity contribution in [1.29, 1.82) is 0 Å². The van der Waals surface area contributed by atoms with E-state index in [1.807, 2.05) is 38.1 Å². The van der Waals surface area contributed by atoms with Gasteiger partial charge < -0.3 is 0 Å². The highest BCUT2D eigenvalue weighted by Crippen LogP contribution is 2.35. The molecule has 0 bridgehead atoms. The molecule has 25 heavy (non-hydrogen) atoms. The maximum atomic E-state index is 11.8. The quantitative estimate of drug-likeness (QED) is 0.139. The predicted octanol–water partition coefficient (Wildman–Crippen LogP) is 7.13. The predicted molar refractivity (Wildman–Crippen MR) is 110 cm³/mol. The van der Waals surface area contributed by atoms with E-state index in [0.717, 1.165) is 19.3 Å². The molecule has 5 heteroatoms. The van der Waals surface area contributed by atoms with Crippen molar-refractivity contribution in [2.45, 2.75) is 75.4 Å². The summed E-state index contributed by atoms with van der Waals surface area (Å²) in [6, 6.07) is 7.67. The Balaban J connectivity index is 2.48. The number of hydrogen-bond donors (Lipinski definition) is 0. The Hall–Kier alpha value is -0.550. The molecule has 0 spiro atoms. The van der Waals surface area contributed by atoms with Crippen LogP contribution in [0.5, 0.6) is 5.75 Å². The van der Waals surface area contributed by atoms with Crippen LogP contribution in [0.4, 0.5) is 0 Å². The zero-order valence-electron chi connectivity index (χ0n) is 15.5. The van der Waals surface area contributed by atoms with Gasteiger partial charge in [0.15, 0.2) is 5.75 Å². The van der Waals surface area contributed by atoms with Gasteiger partial charge in [-0.05, 0) is 37.0 Å². The molecule has 0 aliphatic carbocycles. The van der Waals surface area contributed by atoms with Gasteiger partial charge in [-0.3, -0.25) is 9.78 Å². The minimum atomic E-state index is -0.306. The van der Waals surface area contributed by atoms with E-state index < -0.39 is 0 Å². The lowest BCUT2D eigenvalue weighted by molar-refractivity contribution is -0.219. The molecule has 1 rings (SSSR count). The van der Waals surface area contributed by atoms with E-state index in [4.69, 9.17) is 9.78 Å². The van der Waals surface area contributed by atoms with Gasteiger partial charge in [-0.15, -0.1) is 0 Å². The van der Waals surface area contributed by atoms with Gasteiger partial charge in [0.05, 0.1) is 10.7 Å². The van der Waals surface area contributed by atoms with Crippen LogP contribution in [0.15, 0.2) is 24.3 Å². The molecule has 1 aromatic carbocycles. The van der Waals surface area contributed by atoms with Crippen molar-refractivity contribution in [2.24, 2.45) is 5.92 Å². The number of carbonyl (C=O) groups excluding carboxylic acids is 1. The number of benzene rings is 1. The molecule has 0 saturated heterocycles. The molecule has 0 saturated carbocycles. The second-order valence-electron chi connectivity index (χ2n) is 6.34. The summed E-state index contributed by atoms with van der Waals surface area (Å²) in [4.78, 5) is 22.6. The number of alkyl halides is 2.